The van der Waals surface area contributed by atoms with E-state index in [4.69, 9.17) is 10.00 Å². The van der Waals surface area contributed by atoms with Crippen LogP contribution in [0.5, 0.6) is 0 Å². The van der Waals surface area contributed by atoms with Crippen molar-refractivity contribution in [2.45, 2.75) is 6.54 Å². The number of nitriles is 1. The molecular formula is C18H16N4O3. The van der Waals surface area contributed by atoms with Gasteiger partial charge in [-0.1, -0.05) is 12.1 Å². The number of cyclic esters (lactones) is 1. The maximum absolute atomic E-state index is 12.0. The summed E-state index contributed by atoms with van der Waals surface area (Å²) in [6.07, 6.45) is -0.363. The van der Waals surface area contributed by atoms with E-state index in [0.717, 1.165) is 11.3 Å². The number of ether oxygens (including phenoxy) is 1. The highest BCUT2D eigenvalue weighted by Crippen LogP contribution is 2.21. The second kappa shape index (κ2) is 7.36. The fourth-order valence-corrected chi connectivity index (χ4v) is 2.46. The van der Waals surface area contributed by atoms with Gasteiger partial charge in [0.1, 0.15) is 6.61 Å². The predicted molar refractivity (Wildman–Crippen MR) is 92.2 cm³/mol. The number of carbonyl (C=O) groups is 2. The highest BCUT2D eigenvalue weighted by atomic mass is 16.6. The summed E-state index contributed by atoms with van der Waals surface area (Å²) in [5, 5.41) is 14.3. The van der Waals surface area contributed by atoms with E-state index >= 15 is 0 Å². The van der Waals surface area contributed by atoms with Crippen molar-refractivity contribution >= 4 is 23.5 Å². The molecule has 0 atom stereocenters. The van der Waals surface area contributed by atoms with E-state index in [2.05, 4.69) is 16.7 Å². The largest absolute Gasteiger partial charge is 0.447 e. The first-order valence-electron chi connectivity index (χ1n) is 7.74. The van der Waals surface area contributed by atoms with E-state index < -0.39 is 0 Å². The molecule has 0 bridgehead atoms. The van der Waals surface area contributed by atoms with Gasteiger partial charge in [-0.25, -0.2) is 9.59 Å². The van der Waals surface area contributed by atoms with Crippen LogP contribution in [0.1, 0.15) is 11.1 Å². The van der Waals surface area contributed by atoms with Crippen LogP contribution >= 0.6 is 0 Å². The minimum absolute atomic E-state index is 0.319. The molecule has 1 saturated heterocycles. The summed E-state index contributed by atoms with van der Waals surface area (Å²) in [5.74, 6) is 0. The van der Waals surface area contributed by atoms with Crippen molar-refractivity contribution in [2.75, 3.05) is 23.4 Å². The van der Waals surface area contributed by atoms with Crippen LogP contribution in [0.3, 0.4) is 0 Å². The number of carbonyl (C=O) groups excluding carboxylic acids is 2. The van der Waals surface area contributed by atoms with Crippen LogP contribution in [0.15, 0.2) is 48.5 Å². The van der Waals surface area contributed by atoms with E-state index in [1.54, 1.807) is 42.5 Å². The number of nitrogens with zero attached hydrogens (tertiary/aromatic N) is 2. The molecular weight excluding hydrogens is 320 g/mol. The van der Waals surface area contributed by atoms with Crippen molar-refractivity contribution in [3.8, 4) is 6.07 Å². The van der Waals surface area contributed by atoms with E-state index in [1.807, 2.05) is 6.07 Å². The third-order valence-corrected chi connectivity index (χ3v) is 3.71. The predicted octanol–water partition coefficient (Wildman–Crippen LogP) is 2.84. The molecule has 25 heavy (non-hydrogen) atoms. The Morgan fingerprint density at radius 3 is 2.72 bits per heavy atom. The van der Waals surface area contributed by atoms with E-state index in [0.29, 0.717) is 30.9 Å². The Hall–Kier alpha value is -3.53. The summed E-state index contributed by atoms with van der Waals surface area (Å²) in [7, 11) is 0. The lowest BCUT2D eigenvalue weighted by Crippen LogP contribution is -2.28. The first-order chi connectivity index (χ1) is 12.2. The van der Waals surface area contributed by atoms with Crippen LogP contribution < -0.4 is 15.5 Å². The van der Waals surface area contributed by atoms with Crippen molar-refractivity contribution in [3.63, 3.8) is 0 Å². The second-order valence-corrected chi connectivity index (χ2v) is 5.43. The maximum Gasteiger partial charge on any atom is 0.414 e. The Kier molecular flexibility index (Phi) is 4.81. The van der Waals surface area contributed by atoms with Gasteiger partial charge >= 0.3 is 12.1 Å². The minimum Gasteiger partial charge on any atom is -0.447 e. The summed E-state index contributed by atoms with van der Waals surface area (Å²) < 4.78 is 4.89. The molecule has 0 radical (unpaired) electrons. The van der Waals surface area contributed by atoms with Crippen LogP contribution in [0.25, 0.3) is 0 Å². The lowest BCUT2D eigenvalue weighted by Gasteiger charge is -2.13. The van der Waals surface area contributed by atoms with Gasteiger partial charge in [-0.2, -0.15) is 5.26 Å². The Labute approximate surface area is 144 Å². The van der Waals surface area contributed by atoms with Gasteiger partial charge in [0.05, 0.1) is 18.2 Å². The van der Waals surface area contributed by atoms with E-state index in [-0.39, 0.29) is 12.1 Å². The molecule has 2 N–H and O–H groups in total. The average Bonchev–Trinajstić information content (AvgIpc) is 3.07. The second-order valence-electron chi connectivity index (χ2n) is 5.43. The van der Waals surface area contributed by atoms with E-state index in [1.165, 1.54) is 4.90 Å². The van der Waals surface area contributed by atoms with Crippen molar-refractivity contribution in [2.24, 2.45) is 0 Å². The van der Waals surface area contributed by atoms with Gasteiger partial charge in [0.15, 0.2) is 0 Å². The van der Waals surface area contributed by atoms with Crippen LogP contribution in [0.4, 0.5) is 21.0 Å². The molecule has 0 aliphatic carbocycles. The number of rotatable bonds is 4. The zero-order valence-corrected chi connectivity index (χ0v) is 13.4. The molecule has 2 aromatic carbocycles. The Morgan fingerprint density at radius 2 is 2.04 bits per heavy atom. The SMILES string of the molecule is N#Cc1cccc(CNC(=O)Nc2ccc(N3CCOC3=O)cc2)c1. The molecule has 1 aliphatic heterocycles. The highest BCUT2D eigenvalue weighted by Gasteiger charge is 2.23. The quantitative estimate of drug-likeness (QED) is 0.897. The van der Waals surface area contributed by atoms with Crippen molar-refractivity contribution in [3.05, 3.63) is 59.7 Å². The number of anilines is 2. The summed E-state index contributed by atoms with van der Waals surface area (Å²) in [6, 6.07) is 15.7. The van der Waals surface area contributed by atoms with Crippen molar-refractivity contribution < 1.29 is 14.3 Å². The zero-order chi connectivity index (χ0) is 17.6. The standard InChI is InChI=1S/C18H16N4O3/c19-11-13-2-1-3-14(10-13)12-20-17(23)21-15-4-6-16(7-5-15)22-8-9-25-18(22)24/h1-7,10H,8-9,12H2,(H2,20,21,23). The smallest absolute Gasteiger partial charge is 0.414 e. The number of hydrogen-bond acceptors (Lipinski definition) is 4. The molecule has 0 spiro atoms. The fourth-order valence-electron chi connectivity index (χ4n) is 2.46. The summed E-state index contributed by atoms with van der Waals surface area (Å²) in [6.45, 7) is 1.22. The van der Waals surface area contributed by atoms with Crippen molar-refractivity contribution in [1.29, 1.82) is 5.26 Å². The van der Waals surface area contributed by atoms with Gasteiger partial charge in [0.25, 0.3) is 0 Å². The molecule has 7 heteroatoms. The first kappa shape index (κ1) is 16.3. The van der Waals surface area contributed by atoms with Crippen LogP contribution in [0, 0.1) is 11.3 Å². The fraction of sp³-hybridized carbons (Fsp3) is 0.167. The third kappa shape index (κ3) is 4.06. The third-order valence-electron chi connectivity index (χ3n) is 3.71. The van der Waals surface area contributed by atoms with Crippen molar-refractivity contribution in [1.82, 2.24) is 5.32 Å². The van der Waals surface area contributed by atoms with E-state index in [9.17, 15) is 9.59 Å². The Morgan fingerprint density at radius 1 is 1.24 bits per heavy atom. The van der Waals surface area contributed by atoms with Gasteiger partial charge < -0.3 is 15.4 Å². The normalized spacial score (nSPS) is 13.1. The summed E-state index contributed by atoms with van der Waals surface area (Å²) in [4.78, 5) is 25.0. The molecule has 0 unspecified atom stereocenters. The van der Waals surface area contributed by atoms with Crippen LogP contribution in [-0.4, -0.2) is 25.3 Å². The topological polar surface area (TPSA) is 94.5 Å². The number of nitrogens with one attached hydrogen (secondary N) is 2. The minimum atomic E-state index is -0.363. The molecule has 2 aromatic rings. The number of amides is 3. The molecule has 3 amide bonds. The van der Waals surface area contributed by atoms with Gasteiger partial charge in [-0.15, -0.1) is 0 Å². The van der Waals surface area contributed by atoms with Crippen LogP contribution in [0.2, 0.25) is 0 Å². The molecule has 1 heterocycles. The average molecular weight is 336 g/mol. The van der Waals surface area contributed by atoms with Gasteiger partial charge in [0.2, 0.25) is 0 Å². The van der Waals surface area contributed by atoms with Crippen LogP contribution in [-0.2, 0) is 11.3 Å². The number of urea groups is 1. The molecule has 126 valence electrons. The number of benzene rings is 2. The van der Waals surface area contributed by atoms with Gasteiger partial charge in [0, 0.05) is 17.9 Å². The Balaban J connectivity index is 1.54. The summed E-state index contributed by atoms with van der Waals surface area (Å²) in [5.41, 5.74) is 2.73. The monoisotopic (exact) mass is 336 g/mol. The number of hydrogen-bond donors (Lipinski definition) is 2. The molecule has 7 nitrogen and oxygen atoms in total. The zero-order valence-electron chi connectivity index (χ0n) is 13.4. The first-order valence-corrected chi connectivity index (χ1v) is 7.74. The maximum atomic E-state index is 12.0. The molecule has 1 fully saturated rings. The summed E-state index contributed by atoms with van der Waals surface area (Å²) >= 11 is 0. The van der Waals surface area contributed by atoms with Gasteiger partial charge in [-0.05, 0) is 42.0 Å². The Bertz CT molecular complexity index is 827. The van der Waals surface area contributed by atoms with Gasteiger partial charge in [-0.3, -0.25) is 4.90 Å². The highest BCUT2D eigenvalue weighted by molar-refractivity contribution is 5.91. The lowest BCUT2D eigenvalue weighted by molar-refractivity contribution is 0.181. The molecule has 1 aliphatic rings. The molecule has 0 saturated carbocycles. The molecule has 0 aromatic heterocycles. The molecule has 3 rings (SSSR count). The lowest BCUT2D eigenvalue weighted by atomic mass is 10.1.